The van der Waals surface area contributed by atoms with Gasteiger partial charge in [0.15, 0.2) is 0 Å². The molecule has 3 aromatic rings. The Kier molecular flexibility index (Phi) is 4.13. The van der Waals surface area contributed by atoms with Crippen molar-refractivity contribution in [2.75, 3.05) is 4.72 Å². The lowest BCUT2D eigenvalue weighted by Crippen LogP contribution is -2.11. The van der Waals surface area contributed by atoms with E-state index in [1.807, 2.05) is 30.3 Å². The molecular weight excluding hydrogens is 318 g/mol. The molecule has 0 aliphatic heterocycles. The summed E-state index contributed by atoms with van der Waals surface area (Å²) in [7, 11) is -3.55. The molecule has 0 atom stereocenters. The number of ether oxygens (including phenoxy) is 1. The highest BCUT2D eigenvalue weighted by Crippen LogP contribution is 2.26. The lowest BCUT2D eigenvalue weighted by molar-refractivity contribution is 0.483. The molecule has 112 valence electrons. The standard InChI is InChI=1S/C16H13NO3S2/c18-22(19,16-10-5-11-21-16)17-13-6-4-9-15(12-13)20-14-7-2-1-3-8-14/h1-12,17H. The molecule has 0 saturated carbocycles. The van der Waals surface area contributed by atoms with Crippen LogP contribution < -0.4 is 9.46 Å². The van der Waals surface area contributed by atoms with Gasteiger partial charge in [0.2, 0.25) is 0 Å². The lowest BCUT2D eigenvalue weighted by atomic mass is 10.3. The Labute approximate surface area is 133 Å². The Morgan fingerprint density at radius 2 is 1.64 bits per heavy atom. The summed E-state index contributed by atoms with van der Waals surface area (Å²) in [4.78, 5) is 0. The van der Waals surface area contributed by atoms with E-state index >= 15 is 0 Å². The molecule has 0 amide bonds. The highest BCUT2D eigenvalue weighted by molar-refractivity contribution is 7.94. The number of thiophene rings is 1. The Balaban J connectivity index is 1.80. The Morgan fingerprint density at radius 1 is 0.864 bits per heavy atom. The van der Waals surface area contributed by atoms with Crippen LogP contribution in [0, 0.1) is 0 Å². The predicted molar refractivity (Wildman–Crippen MR) is 88.1 cm³/mol. The second-order valence-electron chi connectivity index (χ2n) is 4.48. The fourth-order valence-electron chi connectivity index (χ4n) is 1.87. The number of anilines is 1. The van der Waals surface area contributed by atoms with Gasteiger partial charge in [-0.15, -0.1) is 11.3 Å². The van der Waals surface area contributed by atoms with Crippen LogP contribution in [0.25, 0.3) is 0 Å². The van der Waals surface area contributed by atoms with Gasteiger partial charge >= 0.3 is 0 Å². The van der Waals surface area contributed by atoms with E-state index in [-0.39, 0.29) is 4.21 Å². The van der Waals surface area contributed by atoms with Gasteiger partial charge in [0.25, 0.3) is 10.0 Å². The van der Waals surface area contributed by atoms with E-state index in [2.05, 4.69) is 4.72 Å². The van der Waals surface area contributed by atoms with E-state index in [0.29, 0.717) is 17.2 Å². The number of para-hydroxylation sites is 1. The summed E-state index contributed by atoms with van der Waals surface area (Å²) in [5.41, 5.74) is 0.460. The molecule has 0 radical (unpaired) electrons. The fourth-order valence-corrected chi connectivity index (χ4v) is 3.91. The smallest absolute Gasteiger partial charge is 0.271 e. The van der Waals surface area contributed by atoms with E-state index < -0.39 is 10.0 Å². The molecule has 2 aromatic carbocycles. The molecule has 6 heteroatoms. The molecule has 0 spiro atoms. The van der Waals surface area contributed by atoms with Gasteiger partial charge in [-0.25, -0.2) is 8.42 Å². The maximum atomic E-state index is 12.2. The van der Waals surface area contributed by atoms with Crippen molar-refractivity contribution >= 4 is 27.0 Å². The van der Waals surface area contributed by atoms with Crippen LogP contribution in [0.3, 0.4) is 0 Å². The van der Waals surface area contributed by atoms with Gasteiger partial charge in [-0.3, -0.25) is 4.72 Å². The molecule has 0 saturated heterocycles. The van der Waals surface area contributed by atoms with Crippen molar-refractivity contribution in [3.8, 4) is 11.5 Å². The molecule has 3 rings (SSSR count). The zero-order chi connectivity index (χ0) is 15.4. The van der Waals surface area contributed by atoms with E-state index in [4.69, 9.17) is 4.74 Å². The number of sulfonamides is 1. The van der Waals surface area contributed by atoms with Crippen LogP contribution in [0.1, 0.15) is 0 Å². The van der Waals surface area contributed by atoms with Crippen LogP contribution in [0.15, 0.2) is 76.3 Å². The Morgan fingerprint density at radius 3 is 2.36 bits per heavy atom. The molecule has 0 aliphatic rings. The highest BCUT2D eigenvalue weighted by Gasteiger charge is 2.15. The third kappa shape index (κ3) is 3.47. The zero-order valence-electron chi connectivity index (χ0n) is 11.5. The van der Waals surface area contributed by atoms with Crippen LogP contribution in [0.5, 0.6) is 11.5 Å². The number of rotatable bonds is 5. The zero-order valence-corrected chi connectivity index (χ0v) is 13.1. The average molecular weight is 331 g/mol. The van der Waals surface area contributed by atoms with E-state index in [1.54, 1.807) is 41.8 Å². The summed E-state index contributed by atoms with van der Waals surface area (Å²) < 4.78 is 32.9. The topological polar surface area (TPSA) is 55.4 Å². The Bertz CT molecular complexity index is 844. The fraction of sp³-hybridized carbons (Fsp3) is 0. The summed E-state index contributed by atoms with van der Waals surface area (Å²) in [6.07, 6.45) is 0. The Hall–Kier alpha value is -2.31. The minimum Gasteiger partial charge on any atom is -0.457 e. The van der Waals surface area contributed by atoms with Crippen molar-refractivity contribution in [2.45, 2.75) is 4.21 Å². The van der Waals surface area contributed by atoms with Crippen molar-refractivity contribution in [1.82, 2.24) is 0 Å². The molecule has 1 aromatic heterocycles. The van der Waals surface area contributed by atoms with Crippen LogP contribution in [0.4, 0.5) is 5.69 Å². The van der Waals surface area contributed by atoms with Crippen molar-refractivity contribution < 1.29 is 13.2 Å². The third-order valence-electron chi connectivity index (χ3n) is 2.83. The average Bonchev–Trinajstić information content (AvgIpc) is 3.03. The summed E-state index contributed by atoms with van der Waals surface area (Å²) in [5, 5.41) is 1.73. The van der Waals surface area contributed by atoms with Gasteiger partial charge in [-0.05, 0) is 35.7 Å². The summed E-state index contributed by atoms with van der Waals surface area (Å²) in [6, 6.07) is 19.4. The minimum absolute atomic E-state index is 0.280. The molecular formula is C16H13NO3S2. The van der Waals surface area contributed by atoms with Gasteiger partial charge in [-0.2, -0.15) is 0 Å². The lowest BCUT2D eigenvalue weighted by Gasteiger charge is -2.09. The molecule has 0 fully saturated rings. The van der Waals surface area contributed by atoms with E-state index in [9.17, 15) is 8.42 Å². The largest absolute Gasteiger partial charge is 0.457 e. The van der Waals surface area contributed by atoms with Gasteiger partial charge in [0.1, 0.15) is 15.7 Å². The van der Waals surface area contributed by atoms with Gasteiger partial charge in [0, 0.05) is 6.07 Å². The molecule has 0 unspecified atom stereocenters. The van der Waals surface area contributed by atoms with Crippen molar-refractivity contribution in [3.63, 3.8) is 0 Å². The van der Waals surface area contributed by atoms with Crippen molar-refractivity contribution in [2.24, 2.45) is 0 Å². The summed E-state index contributed by atoms with van der Waals surface area (Å²) in [6.45, 7) is 0. The van der Waals surface area contributed by atoms with Crippen molar-refractivity contribution in [3.05, 3.63) is 72.1 Å². The highest BCUT2D eigenvalue weighted by atomic mass is 32.2. The van der Waals surface area contributed by atoms with Crippen LogP contribution in [-0.2, 0) is 10.0 Å². The quantitative estimate of drug-likeness (QED) is 0.756. The number of hydrogen-bond acceptors (Lipinski definition) is 4. The van der Waals surface area contributed by atoms with Gasteiger partial charge in [0.05, 0.1) is 5.69 Å². The van der Waals surface area contributed by atoms with Crippen LogP contribution in [0.2, 0.25) is 0 Å². The summed E-state index contributed by atoms with van der Waals surface area (Å²) >= 11 is 1.17. The summed E-state index contributed by atoms with van der Waals surface area (Å²) in [5.74, 6) is 1.26. The number of benzene rings is 2. The molecule has 1 heterocycles. The SMILES string of the molecule is O=S(=O)(Nc1cccc(Oc2ccccc2)c1)c1cccs1. The first-order valence-corrected chi connectivity index (χ1v) is 8.89. The minimum atomic E-state index is -3.55. The molecule has 4 nitrogen and oxygen atoms in total. The first-order chi connectivity index (χ1) is 10.6. The first kappa shape index (κ1) is 14.6. The van der Waals surface area contributed by atoms with Crippen LogP contribution >= 0.6 is 11.3 Å². The molecule has 1 N–H and O–H groups in total. The van der Waals surface area contributed by atoms with Gasteiger partial charge in [-0.1, -0.05) is 30.3 Å². The number of nitrogens with one attached hydrogen (secondary N) is 1. The molecule has 0 bridgehead atoms. The van der Waals surface area contributed by atoms with E-state index in [0.717, 1.165) is 0 Å². The first-order valence-electron chi connectivity index (χ1n) is 6.53. The molecule has 22 heavy (non-hydrogen) atoms. The second-order valence-corrected chi connectivity index (χ2v) is 7.34. The van der Waals surface area contributed by atoms with Gasteiger partial charge < -0.3 is 4.74 Å². The second kappa shape index (κ2) is 6.21. The molecule has 0 aliphatic carbocycles. The third-order valence-corrected chi connectivity index (χ3v) is 5.60. The van der Waals surface area contributed by atoms with E-state index in [1.165, 1.54) is 11.3 Å². The predicted octanol–water partition coefficient (Wildman–Crippen LogP) is 4.34. The van der Waals surface area contributed by atoms with Crippen molar-refractivity contribution in [1.29, 1.82) is 0 Å². The monoisotopic (exact) mass is 331 g/mol. The normalized spacial score (nSPS) is 11.1. The maximum absolute atomic E-state index is 12.2. The maximum Gasteiger partial charge on any atom is 0.271 e. The van der Waals surface area contributed by atoms with Crippen LogP contribution in [-0.4, -0.2) is 8.42 Å². The number of hydrogen-bond donors (Lipinski definition) is 1.